The van der Waals surface area contributed by atoms with E-state index in [1.54, 1.807) is 12.1 Å². The fourth-order valence-corrected chi connectivity index (χ4v) is 2.50. The molecule has 0 bridgehead atoms. The fourth-order valence-electron chi connectivity index (χ4n) is 2.50. The average Bonchev–Trinajstić information content (AvgIpc) is 2.96. The highest BCUT2D eigenvalue weighted by Crippen LogP contribution is 2.25. The van der Waals surface area contributed by atoms with E-state index in [1.165, 1.54) is 31.1 Å². The minimum atomic E-state index is -0.744. The Morgan fingerprint density at radius 1 is 1.22 bits per heavy atom. The van der Waals surface area contributed by atoms with Crippen molar-refractivity contribution in [2.24, 2.45) is 0 Å². The molecule has 0 fully saturated rings. The van der Waals surface area contributed by atoms with Crippen LogP contribution in [0.4, 0.5) is 5.69 Å². The number of methoxy groups -OCH3 is 1. The number of hydrogen-bond donors (Lipinski definition) is 2. The van der Waals surface area contributed by atoms with Crippen LogP contribution in [0.25, 0.3) is 0 Å². The summed E-state index contributed by atoms with van der Waals surface area (Å²) in [4.78, 5) is 49.1. The molecule has 2 rings (SSSR count). The lowest BCUT2D eigenvalue weighted by Gasteiger charge is -2.15. The molecule has 0 saturated heterocycles. The molecule has 1 amide bonds. The molecule has 0 radical (unpaired) electrons. The number of nitrogens with zero attached hydrogens (tertiary/aromatic N) is 1. The largest absolute Gasteiger partial charge is 0.466 e. The number of anilines is 1. The Hall–Kier alpha value is -3.20. The number of amides is 1. The monoisotopic (exact) mass is 376 g/mol. The Bertz CT molecular complexity index is 801. The van der Waals surface area contributed by atoms with Gasteiger partial charge in [0.05, 0.1) is 37.1 Å². The predicted octanol–water partition coefficient (Wildman–Crippen LogP) is 0.106. The van der Waals surface area contributed by atoms with E-state index in [9.17, 15) is 19.2 Å². The third-order valence-corrected chi connectivity index (χ3v) is 3.77. The number of hydrogen-bond acceptors (Lipinski definition) is 8. The van der Waals surface area contributed by atoms with Crippen molar-refractivity contribution < 1.29 is 33.8 Å². The number of Topliss-reactive ketones (excluding diaryl/α,β-unsaturated/α-hetero) is 1. The minimum Gasteiger partial charge on any atom is -0.466 e. The van der Waals surface area contributed by atoms with Crippen LogP contribution in [-0.2, 0) is 23.9 Å². The second-order valence-electron chi connectivity index (χ2n) is 5.74. The topological polar surface area (TPSA) is 122 Å². The number of esters is 2. The van der Waals surface area contributed by atoms with Crippen LogP contribution in [0.3, 0.4) is 0 Å². The van der Waals surface area contributed by atoms with Gasteiger partial charge in [0.25, 0.3) is 5.91 Å². The number of aliphatic hydroxyl groups excluding tert-OH is 1. The van der Waals surface area contributed by atoms with Gasteiger partial charge in [-0.3, -0.25) is 9.59 Å². The predicted molar refractivity (Wildman–Crippen MR) is 93.7 cm³/mol. The molecular weight excluding hydrogens is 356 g/mol. The van der Waals surface area contributed by atoms with Crippen molar-refractivity contribution in [3.05, 3.63) is 41.1 Å². The maximum atomic E-state index is 12.6. The highest BCUT2D eigenvalue weighted by Gasteiger charge is 2.35. The maximum Gasteiger partial charge on any atom is 0.340 e. The SMILES string of the molecule is COC(=O)C1=C(Nc2ccccc2C(=O)OCC(C)=O)C(=O)N(CCO)C1. The first-order valence-corrected chi connectivity index (χ1v) is 8.13. The van der Waals surface area contributed by atoms with Gasteiger partial charge in [-0.2, -0.15) is 0 Å². The number of benzene rings is 1. The number of ether oxygens (including phenoxy) is 2. The van der Waals surface area contributed by atoms with Crippen molar-refractivity contribution in [1.82, 2.24) is 4.90 Å². The summed E-state index contributed by atoms with van der Waals surface area (Å²) < 4.78 is 9.62. The summed E-state index contributed by atoms with van der Waals surface area (Å²) in [5.41, 5.74) is 0.385. The number of ketones is 1. The van der Waals surface area contributed by atoms with E-state index in [4.69, 9.17) is 14.6 Å². The normalized spacial score (nSPS) is 13.6. The molecule has 2 N–H and O–H groups in total. The van der Waals surface area contributed by atoms with Crippen LogP contribution in [0.15, 0.2) is 35.5 Å². The van der Waals surface area contributed by atoms with E-state index >= 15 is 0 Å². The molecule has 1 aromatic carbocycles. The van der Waals surface area contributed by atoms with Crippen molar-refractivity contribution in [3.8, 4) is 0 Å². The first kappa shape index (κ1) is 20.1. The van der Waals surface area contributed by atoms with Gasteiger partial charge < -0.3 is 24.8 Å². The molecule has 9 nitrogen and oxygen atoms in total. The second kappa shape index (κ2) is 8.95. The zero-order valence-electron chi connectivity index (χ0n) is 15.0. The first-order chi connectivity index (χ1) is 12.9. The average molecular weight is 376 g/mol. The molecule has 1 aliphatic rings. The van der Waals surface area contributed by atoms with Gasteiger partial charge >= 0.3 is 11.9 Å². The van der Waals surface area contributed by atoms with Gasteiger partial charge in [-0.1, -0.05) is 12.1 Å². The maximum absolute atomic E-state index is 12.6. The molecule has 0 atom stereocenters. The van der Waals surface area contributed by atoms with E-state index in [1.807, 2.05) is 0 Å². The van der Waals surface area contributed by atoms with Crippen molar-refractivity contribution in [2.45, 2.75) is 6.92 Å². The molecule has 0 aliphatic carbocycles. The lowest BCUT2D eigenvalue weighted by atomic mass is 10.1. The molecule has 0 saturated carbocycles. The number of carbonyl (C=O) groups is 4. The second-order valence-corrected chi connectivity index (χ2v) is 5.74. The lowest BCUT2D eigenvalue weighted by Crippen LogP contribution is -2.31. The Morgan fingerprint density at radius 2 is 1.93 bits per heavy atom. The van der Waals surface area contributed by atoms with E-state index < -0.39 is 17.8 Å². The van der Waals surface area contributed by atoms with E-state index in [2.05, 4.69) is 5.32 Å². The highest BCUT2D eigenvalue weighted by atomic mass is 16.5. The van der Waals surface area contributed by atoms with E-state index in [0.29, 0.717) is 0 Å². The summed E-state index contributed by atoms with van der Waals surface area (Å²) in [6.07, 6.45) is 0. The Balaban J connectivity index is 2.33. The third-order valence-electron chi connectivity index (χ3n) is 3.77. The molecule has 144 valence electrons. The molecule has 9 heteroatoms. The number of aliphatic hydroxyl groups is 1. The Morgan fingerprint density at radius 3 is 2.56 bits per heavy atom. The van der Waals surface area contributed by atoms with Crippen LogP contribution >= 0.6 is 0 Å². The van der Waals surface area contributed by atoms with Gasteiger partial charge in [0.1, 0.15) is 12.3 Å². The van der Waals surface area contributed by atoms with Crippen LogP contribution in [0.5, 0.6) is 0 Å². The molecule has 1 aromatic rings. The molecule has 0 unspecified atom stereocenters. The van der Waals surface area contributed by atoms with Crippen LogP contribution in [0, 0.1) is 0 Å². The van der Waals surface area contributed by atoms with Gasteiger partial charge in [-0.05, 0) is 19.1 Å². The molecular formula is C18H20N2O7. The molecule has 0 aromatic heterocycles. The molecule has 1 heterocycles. The van der Waals surface area contributed by atoms with Crippen LogP contribution in [0.2, 0.25) is 0 Å². The first-order valence-electron chi connectivity index (χ1n) is 8.13. The molecule has 0 spiro atoms. The van der Waals surface area contributed by atoms with Gasteiger partial charge in [0, 0.05) is 6.54 Å². The van der Waals surface area contributed by atoms with Gasteiger partial charge in [-0.15, -0.1) is 0 Å². The molecule has 27 heavy (non-hydrogen) atoms. The van der Waals surface area contributed by atoms with Crippen molar-refractivity contribution >= 4 is 29.3 Å². The minimum absolute atomic E-state index is 0.0225. The van der Waals surface area contributed by atoms with Crippen molar-refractivity contribution in [2.75, 3.05) is 38.7 Å². The third kappa shape index (κ3) is 4.70. The highest BCUT2D eigenvalue weighted by molar-refractivity contribution is 6.09. The zero-order chi connectivity index (χ0) is 20.0. The summed E-state index contributed by atoms with van der Waals surface area (Å²) in [5.74, 6) is -2.25. The number of rotatable bonds is 8. The number of nitrogens with one attached hydrogen (secondary N) is 1. The van der Waals surface area contributed by atoms with E-state index in [-0.39, 0.29) is 54.6 Å². The summed E-state index contributed by atoms with van der Waals surface area (Å²) >= 11 is 0. The van der Waals surface area contributed by atoms with Gasteiger partial charge in [0.15, 0.2) is 5.78 Å². The zero-order valence-corrected chi connectivity index (χ0v) is 15.0. The summed E-state index contributed by atoms with van der Waals surface area (Å²) in [5, 5.41) is 11.9. The van der Waals surface area contributed by atoms with Gasteiger partial charge in [-0.25, -0.2) is 9.59 Å². The fraction of sp³-hybridized carbons (Fsp3) is 0.333. The summed E-state index contributed by atoms with van der Waals surface area (Å²) in [6.45, 7) is 0.684. The number of para-hydroxylation sites is 1. The lowest BCUT2D eigenvalue weighted by molar-refractivity contribution is -0.136. The summed E-state index contributed by atoms with van der Waals surface area (Å²) in [7, 11) is 1.19. The summed E-state index contributed by atoms with van der Waals surface area (Å²) in [6, 6.07) is 6.23. The number of β-amino-alcohol motifs (C(OH)–C–C–N with tert-alkyl or cyclic N) is 1. The molecule has 1 aliphatic heterocycles. The quantitative estimate of drug-likeness (QED) is 0.613. The Labute approximate surface area is 155 Å². The smallest absolute Gasteiger partial charge is 0.340 e. The van der Waals surface area contributed by atoms with E-state index in [0.717, 1.165) is 0 Å². The van der Waals surface area contributed by atoms with Crippen LogP contribution in [0.1, 0.15) is 17.3 Å². The van der Waals surface area contributed by atoms with Crippen molar-refractivity contribution in [1.29, 1.82) is 0 Å². The van der Waals surface area contributed by atoms with Crippen molar-refractivity contribution in [3.63, 3.8) is 0 Å². The Kier molecular flexibility index (Phi) is 6.67. The standard InChI is InChI=1S/C18H20N2O7/c1-11(22)10-27-18(25)12-5-3-4-6-14(12)19-15-13(17(24)26-2)9-20(7-8-21)16(15)23/h3-6,19,21H,7-10H2,1-2H3. The number of carbonyl (C=O) groups excluding carboxylic acids is 4. The van der Waals surface area contributed by atoms with Crippen LogP contribution < -0.4 is 5.32 Å². The van der Waals surface area contributed by atoms with Crippen LogP contribution in [-0.4, -0.2) is 67.0 Å². The van der Waals surface area contributed by atoms with Gasteiger partial charge in [0.2, 0.25) is 0 Å².